The van der Waals surface area contributed by atoms with Crippen molar-refractivity contribution in [3.8, 4) is 0 Å². The Balaban J connectivity index is 1.87. The molecule has 4 amide bonds. The maximum atomic E-state index is 13.8. The van der Waals surface area contributed by atoms with Gasteiger partial charge in [-0.2, -0.15) is 0 Å². The first-order chi connectivity index (χ1) is 17.1. The van der Waals surface area contributed by atoms with Crippen molar-refractivity contribution in [3.63, 3.8) is 0 Å². The van der Waals surface area contributed by atoms with Crippen molar-refractivity contribution in [2.24, 2.45) is 0 Å². The van der Waals surface area contributed by atoms with Crippen LogP contribution in [0.2, 0.25) is 5.02 Å². The molecular formula is C26H35ClFN5O3S. The van der Waals surface area contributed by atoms with Gasteiger partial charge in [0.2, 0.25) is 5.91 Å². The third kappa shape index (κ3) is 6.61. The Bertz CT molecular complexity index is 1190. The van der Waals surface area contributed by atoms with Gasteiger partial charge in [-0.1, -0.05) is 32.4 Å². The van der Waals surface area contributed by atoms with Crippen LogP contribution in [0.3, 0.4) is 0 Å². The summed E-state index contributed by atoms with van der Waals surface area (Å²) in [5, 5.41) is 5.78. The number of carbonyl (C=O) groups excluding carboxylic acids is 3. The third-order valence-electron chi connectivity index (χ3n) is 6.25. The minimum Gasteiger partial charge on any atom is -0.338 e. The number of rotatable bonds is 6. The maximum Gasteiger partial charge on any atom is 0.324 e. The summed E-state index contributed by atoms with van der Waals surface area (Å²) in [7, 11) is 3.90. The normalized spacial score (nSPS) is 15.8. The van der Waals surface area contributed by atoms with E-state index in [0.717, 1.165) is 17.5 Å². The molecule has 11 heteroatoms. The number of carbonyl (C=O) groups is 3. The van der Waals surface area contributed by atoms with E-state index in [4.69, 9.17) is 11.6 Å². The molecule has 1 aliphatic heterocycles. The average Bonchev–Trinajstić information content (AvgIpc) is 3.20. The molecule has 1 aliphatic rings. The van der Waals surface area contributed by atoms with E-state index in [1.54, 1.807) is 29.7 Å². The number of halogens is 2. The number of nitrogens with zero attached hydrogens (tertiary/aromatic N) is 3. The molecule has 1 saturated heterocycles. The van der Waals surface area contributed by atoms with Crippen LogP contribution in [-0.2, 0) is 10.2 Å². The highest BCUT2D eigenvalue weighted by Crippen LogP contribution is 2.38. The molecule has 2 N–H and O–H groups in total. The average molecular weight is 552 g/mol. The summed E-state index contributed by atoms with van der Waals surface area (Å²) in [6.45, 7) is 11.7. The molecule has 1 fully saturated rings. The molecule has 37 heavy (non-hydrogen) atoms. The number of hydrogen-bond donors (Lipinski definition) is 2. The number of piperazine rings is 1. The highest BCUT2D eigenvalue weighted by molar-refractivity contribution is 7.16. The van der Waals surface area contributed by atoms with Gasteiger partial charge >= 0.3 is 6.03 Å². The second kappa shape index (κ2) is 11.0. The Hall–Kier alpha value is -2.69. The van der Waals surface area contributed by atoms with E-state index < -0.39 is 17.4 Å². The molecule has 202 valence electrons. The summed E-state index contributed by atoms with van der Waals surface area (Å²) >= 11 is 7.34. The van der Waals surface area contributed by atoms with Gasteiger partial charge in [0.05, 0.1) is 16.3 Å². The topological polar surface area (TPSA) is 85.0 Å². The zero-order valence-corrected chi connectivity index (χ0v) is 23.9. The molecule has 0 aliphatic carbocycles. The van der Waals surface area contributed by atoms with E-state index in [-0.39, 0.29) is 27.9 Å². The van der Waals surface area contributed by atoms with Crippen molar-refractivity contribution < 1.29 is 18.8 Å². The Morgan fingerprint density at radius 2 is 1.84 bits per heavy atom. The zero-order chi connectivity index (χ0) is 27.7. The molecule has 3 rings (SSSR count). The molecule has 0 spiro atoms. The number of hydrogen-bond acceptors (Lipinski definition) is 5. The van der Waals surface area contributed by atoms with Gasteiger partial charge in [0.25, 0.3) is 5.91 Å². The molecule has 0 atom stereocenters. The highest BCUT2D eigenvalue weighted by atomic mass is 35.5. The van der Waals surface area contributed by atoms with Crippen LogP contribution in [0.25, 0.3) is 0 Å². The first kappa shape index (κ1) is 28.9. The van der Waals surface area contributed by atoms with Crippen LogP contribution >= 0.6 is 22.9 Å². The molecule has 1 aromatic carbocycles. The molecular weight excluding hydrogens is 517 g/mol. The number of benzene rings is 1. The molecule has 1 aromatic heterocycles. The van der Waals surface area contributed by atoms with E-state index in [2.05, 4.69) is 10.6 Å². The molecule has 0 saturated carbocycles. The summed E-state index contributed by atoms with van der Waals surface area (Å²) in [5.41, 5.74) is -0.765. The number of likely N-dealkylation sites (N-methyl/N-ethyl adjacent to an activating group) is 1. The fourth-order valence-corrected chi connectivity index (χ4v) is 5.32. The smallest absolute Gasteiger partial charge is 0.324 e. The van der Waals surface area contributed by atoms with Gasteiger partial charge < -0.3 is 20.0 Å². The van der Waals surface area contributed by atoms with Crippen LogP contribution in [0, 0.1) is 5.82 Å². The molecule has 0 bridgehead atoms. The van der Waals surface area contributed by atoms with Gasteiger partial charge in [-0.3, -0.25) is 14.9 Å². The summed E-state index contributed by atoms with van der Waals surface area (Å²) in [6, 6.07) is 4.83. The quantitative estimate of drug-likeness (QED) is 0.523. The summed E-state index contributed by atoms with van der Waals surface area (Å²) < 4.78 is 13.4. The van der Waals surface area contributed by atoms with Gasteiger partial charge in [-0.25, -0.2) is 9.18 Å². The zero-order valence-electron chi connectivity index (χ0n) is 22.4. The van der Waals surface area contributed by atoms with E-state index in [0.29, 0.717) is 30.2 Å². The number of anilines is 2. The highest BCUT2D eigenvalue weighted by Gasteiger charge is 2.45. The lowest BCUT2D eigenvalue weighted by Crippen LogP contribution is -2.65. The number of thiophene rings is 1. The Morgan fingerprint density at radius 3 is 2.43 bits per heavy atom. The second-order valence-electron chi connectivity index (χ2n) is 10.9. The van der Waals surface area contributed by atoms with E-state index in [1.165, 1.54) is 23.5 Å². The lowest BCUT2D eigenvalue weighted by atomic mass is 9.93. The van der Waals surface area contributed by atoms with Crippen LogP contribution in [0.1, 0.15) is 49.9 Å². The van der Waals surface area contributed by atoms with Crippen LogP contribution in [0.5, 0.6) is 0 Å². The summed E-state index contributed by atoms with van der Waals surface area (Å²) in [4.78, 5) is 46.2. The number of urea groups is 1. The first-order valence-electron chi connectivity index (χ1n) is 12.0. The van der Waals surface area contributed by atoms with E-state index in [1.807, 2.05) is 39.8 Å². The lowest BCUT2D eigenvalue weighted by Gasteiger charge is -2.46. The van der Waals surface area contributed by atoms with E-state index >= 15 is 0 Å². The Labute approximate surface area is 226 Å². The Kier molecular flexibility index (Phi) is 8.56. The maximum absolute atomic E-state index is 13.8. The van der Waals surface area contributed by atoms with Crippen molar-refractivity contribution in [1.29, 1.82) is 0 Å². The fraction of sp³-hybridized carbons (Fsp3) is 0.500. The first-order valence-corrected chi connectivity index (χ1v) is 13.2. The van der Waals surface area contributed by atoms with Gasteiger partial charge in [0.15, 0.2) is 0 Å². The standard InChI is InChI=1S/C26H35ClFN5O3S/c1-25(2,3)20-15-17(21(37-20)30-24(36)29-19-9-8-16(28)14-18(19)27)22(34)33-13-12-32(11-10-31(6)7)23(35)26(33,4)5/h8-9,14-15H,10-13H2,1-7H3,(H2,29,30,36). The second-order valence-corrected chi connectivity index (χ2v) is 12.4. The summed E-state index contributed by atoms with van der Waals surface area (Å²) in [6.07, 6.45) is 0. The molecule has 0 radical (unpaired) electrons. The SMILES string of the molecule is CN(C)CCN1CCN(C(=O)c2cc(C(C)(C)C)sc2NC(=O)Nc2ccc(F)cc2Cl)C(C)(C)C1=O. The van der Waals surface area contributed by atoms with Crippen LogP contribution in [0.15, 0.2) is 24.3 Å². The molecule has 2 heterocycles. The lowest BCUT2D eigenvalue weighted by molar-refractivity contribution is -0.146. The van der Waals surface area contributed by atoms with Crippen molar-refractivity contribution in [1.82, 2.24) is 14.7 Å². The molecule has 0 unspecified atom stereocenters. The van der Waals surface area contributed by atoms with Crippen molar-refractivity contribution in [3.05, 3.63) is 45.5 Å². The Morgan fingerprint density at radius 1 is 1.16 bits per heavy atom. The van der Waals surface area contributed by atoms with E-state index in [9.17, 15) is 18.8 Å². The minimum absolute atomic E-state index is 0.0559. The van der Waals surface area contributed by atoms with Gasteiger partial charge in [-0.15, -0.1) is 11.3 Å². The molecule has 2 aromatic rings. The van der Waals surface area contributed by atoms with Crippen molar-refractivity contribution >= 4 is 51.5 Å². The van der Waals surface area contributed by atoms with Crippen LogP contribution < -0.4 is 10.6 Å². The third-order valence-corrected chi connectivity index (χ3v) is 8.04. The van der Waals surface area contributed by atoms with Gasteiger partial charge in [-0.05, 0) is 57.6 Å². The monoisotopic (exact) mass is 551 g/mol. The minimum atomic E-state index is -1.05. The fourth-order valence-electron chi connectivity index (χ4n) is 4.00. The number of nitrogens with one attached hydrogen (secondary N) is 2. The number of amides is 4. The van der Waals surface area contributed by atoms with Crippen LogP contribution in [0.4, 0.5) is 19.9 Å². The largest absolute Gasteiger partial charge is 0.338 e. The van der Waals surface area contributed by atoms with Crippen molar-refractivity contribution in [2.45, 2.75) is 45.6 Å². The van der Waals surface area contributed by atoms with Gasteiger partial charge in [0, 0.05) is 31.1 Å². The van der Waals surface area contributed by atoms with Crippen LogP contribution in [-0.4, -0.2) is 78.4 Å². The predicted octanol–water partition coefficient (Wildman–Crippen LogP) is 5.11. The predicted molar refractivity (Wildman–Crippen MR) is 147 cm³/mol. The molecule has 8 nitrogen and oxygen atoms in total. The summed E-state index contributed by atoms with van der Waals surface area (Å²) in [5.74, 6) is -0.957. The van der Waals surface area contributed by atoms with Gasteiger partial charge in [0.1, 0.15) is 16.4 Å². The van der Waals surface area contributed by atoms with Crippen molar-refractivity contribution in [2.75, 3.05) is 50.9 Å².